The van der Waals surface area contributed by atoms with Crippen LogP contribution in [-0.4, -0.2) is 16.1 Å². The molecule has 0 fully saturated rings. The van der Waals surface area contributed by atoms with Crippen LogP contribution in [0.1, 0.15) is 15.9 Å². The third-order valence-corrected chi connectivity index (χ3v) is 2.83. The van der Waals surface area contributed by atoms with Crippen molar-refractivity contribution in [1.29, 1.82) is 0 Å². The Balaban J connectivity index is 2.24. The molecule has 1 N–H and O–H groups in total. The number of halogens is 1. The Hall–Kier alpha value is -1.88. The van der Waals surface area contributed by atoms with Gasteiger partial charge in [-0.25, -0.2) is 9.78 Å². The first-order chi connectivity index (χ1) is 8.56. The summed E-state index contributed by atoms with van der Waals surface area (Å²) in [5, 5.41) is 8.83. The Morgan fingerprint density at radius 3 is 2.56 bits per heavy atom. The molecule has 0 unspecified atom stereocenters. The summed E-state index contributed by atoms with van der Waals surface area (Å²) >= 11 is 3.33. The lowest BCUT2D eigenvalue weighted by atomic mass is 10.2. The summed E-state index contributed by atoms with van der Waals surface area (Å²) in [5.41, 5.74) is 0.827. The van der Waals surface area contributed by atoms with Crippen molar-refractivity contribution < 1.29 is 14.6 Å². The molecule has 18 heavy (non-hydrogen) atoms. The van der Waals surface area contributed by atoms with Crippen LogP contribution in [0.3, 0.4) is 0 Å². The van der Waals surface area contributed by atoms with Gasteiger partial charge in [-0.05, 0) is 37.3 Å². The van der Waals surface area contributed by atoms with E-state index in [9.17, 15) is 4.79 Å². The number of ether oxygens (including phenoxy) is 1. The minimum Gasteiger partial charge on any atom is -0.478 e. The molecule has 0 radical (unpaired) electrons. The van der Waals surface area contributed by atoms with Crippen molar-refractivity contribution in [2.24, 2.45) is 0 Å². The fourth-order valence-corrected chi connectivity index (χ4v) is 1.66. The monoisotopic (exact) mass is 307 g/mol. The van der Waals surface area contributed by atoms with E-state index < -0.39 is 5.97 Å². The number of rotatable bonds is 3. The molecular formula is C13H10BrNO3. The summed E-state index contributed by atoms with van der Waals surface area (Å²) in [4.78, 5) is 14.8. The van der Waals surface area contributed by atoms with Gasteiger partial charge >= 0.3 is 5.97 Å². The molecule has 2 rings (SSSR count). The first-order valence-corrected chi connectivity index (χ1v) is 5.99. The van der Waals surface area contributed by atoms with Crippen molar-refractivity contribution >= 4 is 21.9 Å². The summed E-state index contributed by atoms with van der Waals surface area (Å²) in [5.74, 6) is 0.0555. The number of carboxylic acid groups (broad SMARTS) is 1. The van der Waals surface area contributed by atoms with E-state index in [1.54, 1.807) is 19.1 Å². The first-order valence-electron chi connectivity index (χ1n) is 5.19. The van der Waals surface area contributed by atoms with Crippen molar-refractivity contribution in [3.63, 3.8) is 0 Å². The Kier molecular flexibility index (Phi) is 3.62. The number of nitrogens with zero attached hydrogens (tertiary/aromatic N) is 1. The van der Waals surface area contributed by atoms with Crippen LogP contribution in [-0.2, 0) is 0 Å². The lowest BCUT2D eigenvalue weighted by Crippen LogP contribution is -1.99. The van der Waals surface area contributed by atoms with Gasteiger partial charge in [-0.1, -0.05) is 15.9 Å². The molecule has 1 heterocycles. The molecule has 0 aliphatic rings. The molecule has 0 atom stereocenters. The van der Waals surface area contributed by atoms with Crippen molar-refractivity contribution in [2.75, 3.05) is 0 Å². The van der Waals surface area contributed by atoms with Gasteiger partial charge in [0.25, 0.3) is 0 Å². The predicted octanol–water partition coefficient (Wildman–Crippen LogP) is 3.64. The van der Waals surface area contributed by atoms with Crippen LogP contribution < -0.4 is 4.74 Å². The number of hydrogen-bond acceptors (Lipinski definition) is 3. The van der Waals surface area contributed by atoms with Crippen LogP contribution in [0.5, 0.6) is 11.6 Å². The van der Waals surface area contributed by atoms with Gasteiger partial charge in [0.1, 0.15) is 5.75 Å². The van der Waals surface area contributed by atoms with Gasteiger partial charge in [-0.3, -0.25) is 0 Å². The van der Waals surface area contributed by atoms with Crippen molar-refractivity contribution in [2.45, 2.75) is 6.92 Å². The third kappa shape index (κ3) is 2.87. The van der Waals surface area contributed by atoms with E-state index in [0.717, 1.165) is 4.47 Å². The lowest BCUT2D eigenvalue weighted by Gasteiger charge is -2.07. The highest BCUT2D eigenvalue weighted by atomic mass is 79.9. The molecule has 0 aliphatic carbocycles. The average Bonchev–Trinajstić information content (AvgIpc) is 2.34. The smallest absolute Gasteiger partial charge is 0.337 e. The molecule has 92 valence electrons. The van der Waals surface area contributed by atoms with E-state index in [2.05, 4.69) is 20.9 Å². The van der Waals surface area contributed by atoms with Crippen LogP contribution in [0.25, 0.3) is 0 Å². The fraction of sp³-hybridized carbons (Fsp3) is 0.0769. The largest absolute Gasteiger partial charge is 0.478 e. The summed E-state index contributed by atoms with van der Waals surface area (Å²) in [6.45, 7) is 1.76. The summed E-state index contributed by atoms with van der Waals surface area (Å²) in [6.07, 6.45) is 1.28. The third-order valence-electron chi connectivity index (χ3n) is 2.31. The van der Waals surface area contributed by atoms with Gasteiger partial charge in [0.2, 0.25) is 5.88 Å². The van der Waals surface area contributed by atoms with Crippen LogP contribution in [0.2, 0.25) is 0 Å². The summed E-state index contributed by atoms with van der Waals surface area (Å²) in [6, 6.07) is 8.85. The maximum absolute atomic E-state index is 10.8. The second-order valence-electron chi connectivity index (χ2n) is 3.71. The number of carboxylic acids is 1. The van der Waals surface area contributed by atoms with Crippen molar-refractivity contribution in [3.05, 3.63) is 52.1 Å². The molecule has 0 bridgehead atoms. The topological polar surface area (TPSA) is 59.4 Å². The lowest BCUT2D eigenvalue weighted by molar-refractivity contribution is 0.0696. The van der Waals surface area contributed by atoms with Crippen LogP contribution in [0, 0.1) is 6.92 Å². The molecular weight excluding hydrogens is 298 g/mol. The molecule has 1 aromatic carbocycles. The van der Waals surface area contributed by atoms with Gasteiger partial charge in [0.05, 0.1) is 5.56 Å². The van der Waals surface area contributed by atoms with Crippen LogP contribution in [0.15, 0.2) is 41.0 Å². The maximum Gasteiger partial charge on any atom is 0.337 e. The summed E-state index contributed by atoms with van der Waals surface area (Å²) in [7, 11) is 0. The molecule has 0 amide bonds. The maximum atomic E-state index is 10.8. The van der Waals surface area contributed by atoms with Gasteiger partial charge in [0, 0.05) is 16.2 Å². The number of aromatic carboxylic acids is 1. The predicted molar refractivity (Wildman–Crippen MR) is 70.1 cm³/mol. The van der Waals surface area contributed by atoms with Crippen molar-refractivity contribution in [1.82, 2.24) is 4.98 Å². The minimum atomic E-state index is -0.999. The number of aryl methyl sites for hydroxylation is 1. The van der Waals surface area contributed by atoms with E-state index in [0.29, 0.717) is 17.2 Å². The number of aromatic nitrogens is 1. The van der Waals surface area contributed by atoms with E-state index in [4.69, 9.17) is 9.84 Å². The molecule has 0 saturated heterocycles. The number of benzene rings is 1. The number of carbonyl (C=O) groups is 1. The Bertz CT molecular complexity index is 581. The second kappa shape index (κ2) is 5.18. The molecule has 0 saturated carbocycles. The molecule has 1 aromatic heterocycles. The first kappa shape index (κ1) is 12.6. The minimum absolute atomic E-state index is 0.149. The average molecular weight is 308 g/mol. The SMILES string of the molecule is Cc1cc(C(=O)O)cnc1Oc1ccc(Br)cc1. The molecule has 0 aliphatic heterocycles. The van der Waals surface area contributed by atoms with Crippen LogP contribution >= 0.6 is 15.9 Å². The van der Waals surface area contributed by atoms with E-state index in [1.807, 2.05) is 12.1 Å². The van der Waals surface area contributed by atoms with Gasteiger partial charge in [0.15, 0.2) is 0 Å². The molecule has 2 aromatic rings. The van der Waals surface area contributed by atoms with E-state index >= 15 is 0 Å². The highest BCUT2D eigenvalue weighted by Crippen LogP contribution is 2.24. The highest BCUT2D eigenvalue weighted by Gasteiger charge is 2.08. The normalized spacial score (nSPS) is 10.1. The molecule has 0 spiro atoms. The Morgan fingerprint density at radius 2 is 2.00 bits per heavy atom. The van der Waals surface area contributed by atoms with Gasteiger partial charge in [-0.2, -0.15) is 0 Å². The highest BCUT2D eigenvalue weighted by molar-refractivity contribution is 9.10. The number of pyridine rings is 1. The van der Waals surface area contributed by atoms with Gasteiger partial charge in [-0.15, -0.1) is 0 Å². The zero-order valence-electron chi connectivity index (χ0n) is 9.55. The quantitative estimate of drug-likeness (QED) is 0.940. The van der Waals surface area contributed by atoms with Crippen LogP contribution in [0.4, 0.5) is 0 Å². The second-order valence-corrected chi connectivity index (χ2v) is 4.62. The molecule has 5 heteroatoms. The fourth-order valence-electron chi connectivity index (χ4n) is 1.40. The zero-order chi connectivity index (χ0) is 13.1. The molecule has 4 nitrogen and oxygen atoms in total. The van der Waals surface area contributed by atoms with E-state index in [-0.39, 0.29) is 5.56 Å². The van der Waals surface area contributed by atoms with E-state index in [1.165, 1.54) is 12.3 Å². The Morgan fingerprint density at radius 1 is 1.33 bits per heavy atom. The van der Waals surface area contributed by atoms with Crippen molar-refractivity contribution in [3.8, 4) is 11.6 Å². The zero-order valence-corrected chi connectivity index (χ0v) is 11.1. The standard InChI is InChI=1S/C13H10BrNO3/c1-8-6-9(13(16)17)7-15-12(8)18-11-4-2-10(14)3-5-11/h2-7H,1H3,(H,16,17). The Labute approximate surface area is 112 Å². The summed E-state index contributed by atoms with van der Waals surface area (Å²) < 4.78 is 6.53. The number of hydrogen-bond donors (Lipinski definition) is 1. The van der Waals surface area contributed by atoms with Gasteiger partial charge < -0.3 is 9.84 Å².